The van der Waals surface area contributed by atoms with Crippen molar-refractivity contribution in [1.82, 2.24) is 0 Å². The molecule has 2 saturated carbocycles. The van der Waals surface area contributed by atoms with Crippen molar-refractivity contribution >= 4 is 15.9 Å². The zero-order chi connectivity index (χ0) is 11.0. The molecule has 0 aromatic carbocycles. The van der Waals surface area contributed by atoms with Crippen LogP contribution in [0.15, 0.2) is 0 Å². The molecule has 16 heavy (non-hydrogen) atoms. The summed E-state index contributed by atoms with van der Waals surface area (Å²) in [6.07, 6.45) is 10.2. The summed E-state index contributed by atoms with van der Waals surface area (Å²) in [6, 6.07) is 0. The van der Waals surface area contributed by atoms with Crippen molar-refractivity contribution in [1.29, 1.82) is 0 Å². The van der Waals surface area contributed by atoms with Crippen molar-refractivity contribution in [3.8, 4) is 0 Å². The van der Waals surface area contributed by atoms with Gasteiger partial charge in [0.05, 0.1) is 0 Å². The van der Waals surface area contributed by atoms with Gasteiger partial charge >= 0.3 is 0 Å². The number of alkyl halides is 1. The molecule has 2 aliphatic carbocycles. The lowest BCUT2D eigenvalue weighted by molar-refractivity contribution is 0.0393. The molecular formula is C14H23BrO. The van der Waals surface area contributed by atoms with Crippen molar-refractivity contribution in [2.45, 2.75) is 44.9 Å². The van der Waals surface area contributed by atoms with E-state index in [0.717, 1.165) is 31.0 Å². The molecule has 2 heteroatoms. The summed E-state index contributed by atoms with van der Waals surface area (Å²) in [4.78, 5) is 0. The second kappa shape index (κ2) is 4.61. The molecule has 0 N–H and O–H groups in total. The maximum Gasteiger partial charge on any atom is 0.0468 e. The highest BCUT2D eigenvalue weighted by Crippen LogP contribution is 2.59. The number of hydrogen-bond acceptors (Lipinski definition) is 1. The molecule has 0 aromatic heterocycles. The first-order valence-electron chi connectivity index (χ1n) is 6.96. The Bertz CT molecular complexity index is 249. The fraction of sp³-hybridized carbons (Fsp3) is 1.00. The van der Waals surface area contributed by atoms with Gasteiger partial charge in [-0.1, -0.05) is 22.4 Å². The van der Waals surface area contributed by atoms with Gasteiger partial charge in [-0.25, -0.2) is 0 Å². The summed E-state index contributed by atoms with van der Waals surface area (Å²) < 4.78 is 5.48. The second-order valence-electron chi connectivity index (χ2n) is 6.34. The third-order valence-electron chi connectivity index (χ3n) is 5.40. The fourth-order valence-corrected chi connectivity index (χ4v) is 5.47. The van der Waals surface area contributed by atoms with Gasteiger partial charge in [0.1, 0.15) is 0 Å². The molecule has 0 amide bonds. The molecule has 1 heterocycles. The Hall–Kier alpha value is 0.440. The summed E-state index contributed by atoms with van der Waals surface area (Å²) in [5.41, 5.74) is 0.672. The Morgan fingerprint density at radius 2 is 1.94 bits per heavy atom. The predicted octanol–water partition coefficient (Wildman–Crippen LogP) is 4.00. The van der Waals surface area contributed by atoms with Crippen LogP contribution in [-0.2, 0) is 4.74 Å². The van der Waals surface area contributed by atoms with Crippen molar-refractivity contribution in [2.24, 2.45) is 23.2 Å². The van der Waals surface area contributed by atoms with Gasteiger partial charge in [-0.3, -0.25) is 0 Å². The molecule has 3 rings (SSSR count). The molecular weight excluding hydrogens is 264 g/mol. The van der Waals surface area contributed by atoms with E-state index < -0.39 is 0 Å². The zero-order valence-electron chi connectivity index (χ0n) is 10.1. The van der Waals surface area contributed by atoms with Crippen LogP contribution < -0.4 is 0 Å². The molecule has 3 fully saturated rings. The van der Waals surface area contributed by atoms with Crippen LogP contribution in [0.1, 0.15) is 44.9 Å². The summed E-state index contributed by atoms with van der Waals surface area (Å²) >= 11 is 3.83. The number of halogens is 1. The Balaban J connectivity index is 1.66. The van der Waals surface area contributed by atoms with E-state index in [1.165, 1.54) is 50.3 Å². The highest BCUT2D eigenvalue weighted by molar-refractivity contribution is 9.09. The Morgan fingerprint density at radius 3 is 2.50 bits per heavy atom. The smallest absolute Gasteiger partial charge is 0.0468 e. The van der Waals surface area contributed by atoms with Gasteiger partial charge in [0.25, 0.3) is 0 Å². The molecule has 0 spiro atoms. The van der Waals surface area contributed by atoms with E-state index in [1.54, 1.807) is 0 Å². The minimum Gasteiger partial charge on any atom is -0.381 e. The Labute approximate surface area is 107 Å². The Kier molecular flexibility index (Phi) is 3.32. The van der Waals surface area contributed by atoms with Gasteiger partial charge in [0, 0.05) is 18.5 Å². The average molecular weight is 287 g/mol. The highest BCUT2D eigenvalue weighted by Gasteiger charge is 2.50. The minimum atomic E-state index is 0.672. The van der Waals surface area contributed by atoms with Crippen LogP contribution >= 0.6 is 15.9 Å². The standard InChI is InChI=1S/C14H23BrO/c15-10-14(8-11-3-5-16-6-4-11)9-12-1-2-13(14)7-12/h11-13H,1-10H2. The highest BCUT2D eigenvalue weighted by atomic mass is 79.9. The van der Waals surface area contributed by atoms with Crippen LogP contribution in [0.4, 0.5) is 0 Å². The van der Waals surface area contributed by atoms with E-state index in [1.807, 2.05) is 0 Å². The third kappa shape index (κ3) is 1.96. The van der Waals surface area contributed by atoms with Crippen LogP contribution in [0, 0.1) is 23.2 Å². The first-order chi connectivity index (χ1) is 7.82. The molecule has 1 aliphatic heterocycles. The largest absolute Gasteiger partial charge is 0.381 e. The number of rotatable bonds is 3. The lowest BCUT2D eigenvalue weighted by atomic mass is 9.68. The van der Waals surface area contributed by atoms with Gasteiger partial charge in [0.2, 0.25) is 0 Å². The summed E-state index contributed by atoms with van der Waals surface area (Å²) in [6.45, 7) is 2.02. The number of hydrogen-bond donors (Lipinski definition) is 0. The zero-order valence-corrected chi connectivity index (χ0v) is 11.7. The van der Waals surface area contributed by atoms with Crippen molar-refractivity contribution in [3.63, 3.8) is 0 Å². The summed E-state index contributed by atoms with van der Waals surface area (Å²) in [5, 5.41) is 1.25. The third-order valence-corrected chi connectivity index (χ3v) is 6.52. The van der Waals surface area contributed by atoms with Gasteiger partial charge in [-0.2, -0.15) is 0 Å². The van der Waals surface area contributed by atoms with E-state index in [9.17, 15) is 0 Å². The average Bonchev–Trinajstić information content (AvgIpc) is 2.91. The van der Waals surface area contributed by atoms with Crippen LogP contribution in [-0.4, -0.2) is 18.5 Å². The molecule has 92 valence electrons. The van der Waals surface area contributed by atoms with Crippen molar-refractivity contribution in [3.05, 3.63) is 0 Å². The van der Waals surface area contributed by atoms with Crippen molar-refractivity contribution < 1.29 is 4.74 Å². The first-order valence-corrected chi connectivity index (χ1v) is 8.08. The Morgan fingerprint density at radius 1 is 1.12 bits per heavy atom. The van der Waals surface area contributed by atoms with Crippen LogP contribution in [0.25, 0.3) is 0 Å². The quantitative estimate of drug-likeness (QED) is 0.713. The maximum absolute atomic E-state index is 5.48. The molecule has 3 aliphatic rings. The molecule has 1 nitrogen and oxygen atoms in total. The minimum absolute atomic E-state index is 0.672. The van der Waals surface area contributed by atoms with Gasteiger partial charge in [0.15, 0.2) is 0 Å². The molecule has 1 saturated heterocycles. The number of fused-ring (bicyclic) bond motifs is 2. The first kappa shape index (κ1) is 11.5. The maximum atomic E-state index is 5.48. The van der Waals surface area contributed by atoms with Crippen molar-refractivity contribution in [2.75, 3.05) is 18.5 Å². The van der Waals surface area contributed by atoms with Gasteiger partial charge in [-0.15, -0.1) is 0 Å². The molecule has 3 unspecified atom stereocenters. The fourth-order valence-electron chi connectivity index (χ4n) is 4.55. The van der Waals surface area contributed by atoms with E-state index in [-0.39, 0.29) is 0 Å². The predicted molar refractivity (Wildman–Crippen MR) is 69.8 cm³/mol. The topological polar surface area (TPSA) is 9.23 Å². The number of ether oxygens (including phenoxy) is 1. The summed E-state index contributed by atoms with van der Waals surface area (Å²) in [7, 11) is 0. The summed E-state index contributed by atoms with van der Waals surface area (Å²) in [5.74, 6) is 3.06. The molecule has 0 aromatic rings. The molecule has 0 radical (unpaired) electrons. The lowest BCUT2D eigenvalue weighted by Crippen LogP contribution is -2.33. The van der Waals surface area contributed by atoms with E-state index >= 15 is 0 Å². The lowest BCUT2D eigenvalue weighted by Gasteiger charge is -2.40. The van der Waals surface area contributed by atoms with E-state index in [0.29, 0.717) is 5.41 Å². The normalized spacial score (nSPS) is 44.1. The van der Waals surface area contributed by atoms with Crippen LogP contribution in [0.5, 0.6) is 0 Å². The SMILES string of the molecule is BrCC1(CC2CCOCC2)CC2CCC1C2. The van der Waals surface area contributed by atoms with Crippen LogP contribution in [0.2, 0.25) is 0 Å². The van der Waals surface area contributed by atoms with Gasteiger partial charge in [-0.05, 0) is 61.7 Å². The van der Waals surface area contributed by atoms with Gasteiger partial charge < -0.3 is 4.74 Å². The monoisotopic (exact) mass is 286 g/mol. The van der Waals surface area contributed by atoms with E-state index in [2.05, 4.69) is 15.9 Å². The van der Waals surface area contributed by atoms with E-state index in [4.69, 9.17) is 4.74 Å². The second-order valence-corrected chi connectivity index (χ2v) is 6.90. The van der Waals surface area contributed by atoms with Crippen LogP contribution in [0.3, 0.4) is 0 Å². The molecule has 3 atom stereocenters. The molecule has 2 bridgehead atoms.